The molecule has 112 valence electrons. The lowest BCUT2D eigenvalue weighted by atomic mass is 10.0. The van der Waals surface area contributed by atoms with Crippen LogP contribution in [-0.2, 0) is 5.54 Å². The van der Waals surface area contributed by atoms with Crippen molar-refractivity contribution in [3.8, 4) is 0 Å². The monoisotopic (exact) mass is 290 g/mol. The molecule has 1 aliphatic rings. The first-order valence-corrected chi connectivity index (χ1v) is 6.98. The summed E-state index contributed by atoms with van der Waals surface area (Å²) in [5.41, 5.74) is 0.603. The van der Waals surface area contributed by atoms with E-state index in [0.717, 1.165) is 18.7 Å². The molecule has 6 nitrogen and oxygen atoms in total. The number of aromatic nitrogens is 2. The van der Waals surface area contributed by atoms with E-state index in [2.05, 4.69) is 4.98 Å². The molecule has 1 aliphatic carbocycles. The van der Waals surface area contributed by atoms with Gasteiger partial charge in [-0.1, -0.05) is 0 Å². The van der Waals surface area contributed by atoms with E-state index in [1.807, 2.05) is 4.57 Å². The Morgan fingerprint density at radius 3 is 2.57 bits per heavy atom. The molecule has 1 aromatic carbocycles. The topological polar surface area (TPSA) is 95.6 Å². The van der Waals surface area contributed by atoms with Gasteiger partial charge in [0.2, 0.25) is 0 Å². The van der Waals surface area contributed by atoms with Crippen molar-refractivity contribution in [3.63, 3.8) is 0 Å². The largest absolute Gasteiger partial charge is 0.478 e. The molecule has 1 aromatic heterocycles. The summed E-state index contributed by atoms with van der Waals surface area (Å²) < 4.78 is 1.81. The number of carboxylic acid groups (broad SMARTS) is 1. The second kappa shape index (κ2) is 4.82. The van der Waals surface area contributed by atoms with E-state index in [1.165, 1.54) is 6.07 Å². The average Bonchev–Trinajstić information content (AvgIpc) is 3.26. The number of hydrogen-bond acceptors (Lipinski definition) is 4. The van der Waals surface area contributed by atoms with Crippen molar-refractivity contribution in [2.45, 2.75) is 31.2 Å². The van der Waals surface area contributed by atoms with Gasteiger partial charge in [-0.05, 0) is 38.0 Å². The number of carbonyl (C=O) groups is 1. The van der Waals surface area contributed by atoms with Crippen LogP contribution in [0.1, 0.15) is 41.9 Å². The van der Waals surface area contributed by atoms with Crippen molar-refractivity contribution in [2.75, 3.05) is 13.2 Å². The molecule has 0 unspecified atom stereocenters. The van der Waals surface area contributed by atoms with Gasteiger partial charge >= 0.3 is 5.97 Å². The summed E-state index contributed by atoms with van der Waals surface area (Å²) >= 11 is 0. The normalized spacial score (nSPS) is 15.6. The lowest BCUT2D eigenvalue weighted by molar-refractivity contribution is 0.0697. The summed E-state index contributed by atoms with van der Waals surface area (Å²) in [4.78, 5) is 15.8. The summed E-state index contributed by atoms with van der Waals surface area (Å²) in [5, 5.41) is 28.5. The van der Waals surface area contributed by atoms with E-state index in [-0.39, 0.29) is 18.8 Å². The minimum atomic E-state index is -1.01. The zero-order valence-electron chi connectivity index (χ0n) is 11.8. The number of hydrogen-bond donors (Lipinski definition) is 3. The van der Waals surface area contributed by atoms with Crippen LogP contribution in [0.25, 0.3) is 11.0 Å². The third-order valence-electron chi connectivity index (χ3n) is 4.09. The Morgan fingerprint density at radius 1 is 1.38 bits per heavy atom. The van der Waals surface area contributed by atoms with Crippen LogP contribution in [-0.4, -0.2) is 44.1 Å². The molecule has 1 fully saturated rings. The highest BCUT2D eigenvalue weighted by Crippen LogP contribution is 2.42. The number of carboxylic acids is 1. The number of rotatable bonds is 5. The fraction of sp³-hybridized carbons (Fsp3) is 0.467. The molecular formula is C15H18N2O4. The first kappa shape index (κ1) is 14.0. The molecule has 21 heavy (non-hydrogen) atoms. The van der Waals surface area contributed by atoms with Gasteiger partial charge in [0, 0.05) is 5.92 Å². The lowest BCUT2D eigenvalue weighted by Gasteiger charge is -2.29. The van der Waals surface area contributed by atoms with Gasteiger partial charge < -0.3 is 19.9 Å². The molecular weight excluding hydrogens is 272 g/mol. The molecule has 0 saturated heterocycles. The molecule has 1 saturated carbocycles. The predicted octanol–water partition coefficient (Wildman–Crippen LogP) is 1.31. The number of nitrogens with zero attached hydrogens (tertiary/aromatic N) is 2. The molecule has 0 atom stereocenters. The molecule has 0 aliphatic heterocycles. The quantitative estimate of drug-likeness (QED) is 0.771. The number of aliphatic hydroxyl groups is 2. The van der Waals surface area contributed by atoms with Crippen LogP contribution < -0.4 is 0 Å². The van der Waals surface area contributed by atoms with E-state index in [4.69, 9.17) is 5.11 Å². The maximum Gasteiger partial charge on any atom is 0.335 e. The first-order valence-electron chi connectivity index (χ1n) is 6.98. The van der Waals surface area contributed by atoms with Crippen molar-refractivity contribution in [1.82, 2.24) is 9.55 Å². The predicted molar refractivity (Wildman–Crippen MR) is 76.5 cm³/mol. The van der Waals surface area contributed by atoms with Crippen molar-refractivity contribution in [1.29, 1.82) is 0 Å². The lowest BCUT2D eigenvalue weighted by Crippen LogP contribution is -2.39. The summed E-state index contributed by atoms with van der Waals surface area (Å²) in [7, 11) is 0. The number of fused-ring (bicyclic) bond motifs is 1. The molecule has 0 bridgehead atoms. The van der Waals surface area contributed by atoms with Crippen LogP contribution in [0, 0.1) is 0 Å². The van der Waals surface area contributed by atoms with E-state index in [0.29, 0.717) is 17.0 Å². The van der Waals surface area contributed by atoms with Crippen LogP contribution in [0.15, 0.2) is 18.2 Å². The van der Waals surface area contributed by atoms with Crippen LogP contribution in [0.5, 0.6) is 0 Å². The van der Waals surface area contributed by atoms with E-state index in [1.54, 1.807) is 19.1 Å². The molecule has 3 N–H and O–H groups in total. The number of benzene rings is 1. The molecule has 0 radical (unpaired) electrons. The Kier molecular flexibility index (Phi) is 3.22. The molecule has 2 aromatic rings. The maximum atomic E-state index is 11.2. The van der Waals surface area contributed by atoms with Crippen LogP contribution >= 0.6 is 0 Å². The van der Waals surface area contributed by atoms with Gasteiger partial charge in [-0.3, -0.25) is 0 Å². The smallest absolute Gasteiger partial charge is 0.335 e. The Bertz CT molecular complexity index is 699. The maximum absolute atomic E-state index is 11.2. The summed E-state index contributed by atoms with van der Waals surface area (Å²) in [5.74, 6) is 0.133. The van der Waals surface area contributed by atoms with Crippen LogP contribution in [0.2, 0.25) is 0 Å². The fourth-order valence-corrected chi connectivity index (χ4v) is 2.60. The van der Waals surface area contributed by atoms with Gasteiger partial charge in [0.1, 0.15) is 5.82 Å². The molecule has 0 amide bonds. The number of aliphatic hydroxyl groups excluding tert-OH is 2. The average molecular weight is 290 g/mol. The minimum absolute atomic E-state index is 0.171. The molecule has 0 spiro atoms. The van der Waals surface area contributed by atoms with Crippen molar-refractivity contribution in [3.05, 3.63) is 29.6 Å². The summed E-state index contributed by atoms with van der Waals surface area (Å²) in [6, 6.07) is 4.75. The van der Waals surface area contributed by atoms with Crippen LogP contribution in [0.3, 0.4) is 0 Å². The molecule has 3 rings (SSSR count). The Morgan fingerprint density at radius 2 is 2.05 bits per heavy atom. The van der Waals surface area contributed by atoms with Gasteiger partial charge in [-0.25, -0.2) is 9.78 Å². The highest BCUT2D eigenvalue weighted by Gasteiger charge is 2.36. The standard InChI is InChI=1S/C15H18N2O4/c1-15(7-18,8-19)17-12-6-10(14(20)21)4-5-11(12)16-13(17)9-2-3-9/h4-6,9,18-19H,2-3,7-8H2,1H3,(H,20,21). The van der Waals surface area contributed by atoms with E-state index >= 15 is 0 Å². The molecule has 6 heteroatoms. The van der Waals surface area contributed by atoms with Gasteiger partial charge in [0.05, 0.1) is 35.3 Å². The SMILES string of the molecule is CC(CO)(CO)n1c(C2CC2)nc2ccc(C(=O)O)cc21. The van der Waals surface area contributed by atoms with Gasteiger partial charge in [-0.2, -0.15) is 0 Å². The second-order valence-corrected chi connectivity index (χ2v) is 5.90. The van der Waals surface area contributed by atoms with Crippen molar-refractivity contribution >= 4 is 17.0 Å². The van der Waals surface area contributed by atoms with E-state index in [9.17, 15) is 15.0 Å². The highest BCUT2D eigenvalue weighted by molar-refractivity contribution is 5.92. The zero-order valence-corrected chi connectivity index (χ0v) is 11.8. The fourth-order valence-electron chi connectivity index (χ4n) is 2.60. The van der Waals surface area contributed by atoms with Gasteiger partial charge in [0.25, 0.3) is 0 Å². The zero-order chi connectivity index (χ0) is 15.2. The summed E-state index contributed by atoms with van der Waals surface area (Å²) in [6.07, 6.45) is 2.06. The van der Waals surface area contributed by atoms with Gasteiger partial charge in [-0.15, -0.1) is 0 Å². The highest BCUT2D eigenvalue weighted by atomic mass is 16.4. The van der Waals surface area contributed by atoms with Crippen LogP contribution in [0.4, 0.5) is 0 Å². The Labute approximate surface area is 121 Å². The Hall–Kier alpha value is -1.92. The van der Waals surface area contributed by atoms with Crippen molar-refractivity contribution < 1.29 is 20.1 Å². The first-order chi connectivity index (χ1) is 10.00. The van der Waals surface area contributed by atoms with E-state index < -0.39 is 11.5 Å². The Balaban J connectivity index is 2.29. The second-order valence-electron chi connectivity index (χ2n) is 5.90. The van der Waals surface area contributed by atoms with Crippen molar-refractivity contribution in [2.24, 2.45) is 0 Å². The number of imidazole rings is 1. The third-order valence-corrected chi connectivity index (χ3v) is 4.09. The third kappa shape index (κ3) is 2.20. The number of aromatic carboxylic acids is 1. The molecule has 1 heterocycles. The summed E-state index contributed by atoms with van der Waals surface area (Å²) in [6.45, 7) is 1.26. The van der Waals surface area contributed by atoms with Gasteiger partial charge in [0.15, 0.2) is 0 Å². The minimum Gasteiger partial charge on any atom is -0.478 e.